The molecule has 0 aliphatic rings. The molecule has 7 heteroatoms. The second-order valence-corrected chi connectivity index (χ2v) is 9.29. The molecular formula is C28H24N4O2S. The number of ether oxygens (including phenoxy) is 1. The van der Waals surface area contributed by atoms with Crippen molar-refractivity contribution in [1.82, 2.24) is 9.97 Å². The zero-order valence-electron chi connectivity index (χ0n) is 19.2. The Kier molecular flexibility index (Phi) is 6.68. The molecule has 0 aliphatic carbocycles. The van der Waals surface area contributed by atoms with Gasteiger partial charge in [-0.15, -0.1) is 11.3 Å². The van der Waals surface area contributed by atoms with Gasteiger partial charge in [0.15, 0.2) is 5.13 Å². The van der Waals surface area contributed by atoms with E-state index in [0.717, 1.165) is 32.7 Å². The van der Waals surface area contributed by atoms with Gasteiger partial charge in [-0.1, -0.05) is 54.6 Å². The molecule has 35 heavy (non-hydrogen) atoms. The summed E-state index contributed by atoms with van der Waals surface area (Å²) in [5.74, 6) is 0.708. The van der Waals surface area contributed by atoms with E-state index in [1.807, 2.05) is 97.9 Å². The van der Waals surface area contributed by atoms with Crippen LogP contribution in [0.2, 0.25) is 0 Å². The third-order valence-corrected chi connectivity index (χ3v) is 6.28. The number of nitrogens with zero attached hydrogens (tertiary/aromatic N) is 3. The number of para-hydroxylation sites is 1. The molecule has 0 unspecified atom stereocenters. The van der Waals surface area contributed by atoms with Gasteiger partial charge in [-0.2, -0.15) is 0 Å². The first-order valence-corrected chi connectivity index (χ1v) is 12.1. The van der Waals surface area contributed by atoms with Crippen LogP contribution in [0.3, 0.4) is 0 Å². The Bertz CT molecular complexity index is 1430. The Morgan fingerprint density at radius 3 is 2.49 bits per heavy atom. The molecule has 6 nitrogen and oxygen atoms in total. The molecule has 174 valence electrons. The van der Waals surface area contributed by atoms with E-state index in [0.29, 0.717) is 24.0 Å². The summed E-state index contributed by atoms with van der Waals surface area (Å²) in [5.41, 5.74) is 3.59. The summed E-state index contributed by atoms with van der Waals surface area (Å²) < 4.78 is 5.96. The molecule has 0 atom stereocenters. The van der Waals surface area contributed by atoms with E-state index < -0.39 is 0 Å². The maximum absolute atomic E-state index is 13.2. The van der Waals surface area contributed by atoms with Crippen LogP contribution >= 0.6 is 11.3 Å². The molecule has 5 aromatic rings. The van der Waals surface area contributed by atoms with Crippen LogP contribution in [-0.4, -0.2) is 16.0 Å². The fourth-order valence-electron chi connectivity index (χ4n) is 3.69. The minimum atomic E-state index is -0.239. The van der Waals surface area contributed by atoms with Gasteiger partial charge in [0.05, 0.1) is 17.8 Å². The van der Waals surface area contributed by atoms with E-state index in [-0.39, 0.29) is 6.03 Å². The van der Waals surface area contributed by atoms with Crippen LogP contribution in [0.15, 0.2) is 97.2 Å². The second kappa shape index (κ2) is 10.4. The summed E-state index contributed by atoms with van der Waals surface area (Å²) in [5, 5.41) is 4.59. The smallest absolute Gasteiger partial charge is 0.328 e. The summed E-state index contributed by atoms with van der Waals surface area (Å²) in [7, 11) is 0. The molecule has 0 aliphatic heterocycles. The lowest BCUT2D eigenvalue weighted by Crippen LogP contribution is -2.34. The fraction of sp³-hybridized carbons (Fsp3) is 0.107. The highest BCUT2D eigenvalue weighted by molar-refractivity contribution is 7.15. The largest absolute Gasteiger partial charge is 0.487 e. The summed E-state index contributed by atoms with van der Waals surface area (Å²) in [4.78, 5) is 24.8. The Morgan fingerprint density at radius 2 is 1.71 bits per heavy atom. The molecule has 1 N–H and O–H groups in total. The molecule has 0 saturated carbocycles. The quantitative estimate of drug-likeness (QED) is 0.278. The number of aryl methyl sites for hydroxylation is 1. The number of amides is 2. The Balaban J connectivity index is 1.31. The van der Waals surface area contributed by atoms with E-state index in [4.69, 9.17) is 4.74 Å². The van der Waals surface area contributed by atoms with E-state index >= 15 is 0 Å². The summed E-state index contributed by atoms with van der Waals surface area (Å²) in [6.45, 7) is 2.75. The van der Waals surface area contributed by atoms with Crippen molar-refractivity contribution in [2.75, 3.05) is 10.2 Å². The number of fused-ring (bicyclic) bond motifs is 1. The zero-order valence-corrected chi connectivity index (χ0v) is 20.0. The molecular weight excluding hydrogens is 456 g/mol. The lowest BCUT2D eigenvalue weighted by molar-refractivity contribution is 0.256. The number of hydrogen-bond donors (Lipinski definition) is 1. The molecule has 3 aromatic carbocycles. The number of nitrogens with one attached hydrogen (secondary N) is 1. The van der Waals surface area contributed by atoms with Gasteiger partial charge < -0.3 is 4.74 Å². The number of anilines is 2. The normalized spacial score (nSPS) is 10.8. The van der Waals surface area contributed by atoms with Crippen molar-refractivity contribution in [2.45, 2.75) is 20.1 Å². The first-order chi connectivity index (χ1) is 17.1. The van der Waals surface area contributed by atoms with Crippen molar-refractivity contribution in [3.8, 4) is 5.75 Å². The number of benzene rings is 3. The van der Waals surface area contributed by atoms with Gasteiger partial charge in [0, 0.05) is 22.1 Å². The highest BCUT2D eigenvalue weighted by Crippen LogP contribution is 2.24. The Labute approximate surface area is 207 Å². The van der Waals surface area contributed by atoms with E-state index in [1.165, 1.54) is 11.3 Å². The standard InChI is InChI=1S/C28H24N4O2S/c1-20-17-29-27(35-20)31-28(33)32(18-21-7-3-2-4-8-21)24-13-15-25(16-14-24)34-19-23-12-11-22-9-5-6-10-26(22)30-23/h2-17H,18-19H2,1H3,(H,29,31,33). The van der Waals surface area contributed by atoms with Gasteiger partial charge in [0.25, 0.3) is 0 Å². The Morgan fingerprint density at radius 1 is 0.943 bits per heavy atom. The van der Waals surface area contributed by atoms with Crippen LogP contribution in [0.5, 0.6) is 5.75 Å². The molecule has 2 amide bonds. The van der Waals surface area contributed by atoms with Crippen LogP contribution in [0.25, 0.3) is 10.9 Å². The minimum absolute atomic E-state index is 0.239. The molecule has 0 saturated heterocycles. The number of hydrogen-bond acceptors (Lipinski definition) is 5. The van der Waals surface area contributed by atoms with Gasteiger partial charge in [-0.3, -0.25) is 10.2 Å². The number of rotatable bonds is 7. The van der Waals surface area contributed by atoms with Crippen molar-refractivity contribution in [3.05, 3.63) is 113 Å². The van der Waals surface area contributed by atoms with Crippen molar-refractivity contribution in [2.24, 2.45) is 0 Å². The molecule has 0 spiro atoms. The molecule has 0 fully saturated rings. The number of carbonyl (C=O) groups excluding carboxylic acids is 1. The number of aromatic nitrogens is 2. The number of urea groups is 1. The Hall–Kier alpha value is -4.23. The molecule has 5 rings (SSSR count). The lowest BCUT2D eigenvalue weighted by Gasteiger charge is -2.23. The number of pyridine rings is 1. The van der Waals surface area contributed by atoms with Crippen molar-refractivity contribution < 1.29 is 9.53 Å². The monoisotopic (exact) mass is 480 g/mol. The van der Waals surface area contributed by atoms with Crippen molar-refractivity contribution in [3.63, 3.8) is 0 Å². The highest BCUT2D eigenvalue weighted by Gasteiger charge is 2.18. The van der Waals surface area contributed by atoms with Gasteiger partial charge in [-0.25, -0.2) is 14.8 Å². The third-order valence-electron chi connectivity index (χ3n) is 5.46. The predicted octanol–water partition coefficient (Wildman–Crippen LogP) is 6.82. The van der Waals surface area contributed by atoms with Gasteiger partial charge in [0.2, 0.25) is 0 Å². The average Bonchev–Trinajstić information content (AvgIpc) is 3.31. The van der Waals surface area contributed by atoms with Gasteiger partial charge >= 0.3 is 6.03 Å². The SMILES string of the molecule is Cc1cnc(NC(=O)N(Cc2ccccc2)c2ccc(OCc3ccc4ccccc4n3)cc2)s1. The molecule has 0 bridgehead atoms. The van der Waals surface area contributed by atoms with Crippen LogP contribution < -0.4 is 15.0 Å². The fourth-order valence-corrected chi connectivity index (χ4v) is 4.34. The summed E-state index contributed by atoms with van der Waals surface area (Å²) in [6.07, 6.45) is 1.75. The van der Waals surface area contributed by atoms with Crippen LogP contribution in [0, 0.1) is 6.92 Å². The second-order valence-electron chi connectivity index (χ2n) is 8.06. The topological polar surface area (TPSA) is 67.4 Å². The average molecular weight is 481 g/mol. The molecule has 2 heterocycles. The zero-order chi connectivity index (χ0) is 24.0. The number of carbonyl (C=O) groups is 1. The van der Waals surface area contributed by atoms with Crippen LogP contribution in [0.1, 0.15) is 16.1 Å². The summed E-state index contributed by atoms with van der Waals surface area (Å²) in [6, 6.07) is 29.2. The highest BCUT2D eigenvalue weighted by atomic mass is 32.1. The number of thiazole rings is 1. The van der Waals surface area contributed by atoms with Gasteiger partial charge in [0.1, 0.15) is 12.4 Å². The van der Waals surface area contributed by atoms with Crippen molar-refractivity contribution in [1.29, 1.82) is 0 Å². The van der Waals surface area contributed by atoms with Crippen LogP contribution in [-0.2, 0) is 13.2 Å². The minimum Gasteiger partial charge on any atom is -0.487 e. The summed E-state index contributed by atoms with van der Waals surface area (Å²) >= 11 is 1.45. The first-order valence-electron chi connectivity index (χ1n) is 11.3. The van der Waals surface area contributed by atoms with Crippen LogP contribution in [0.4, 0.5) is 15.6 Å². The maximum atomic E-state index is 13.2. The van der Waals surface area contributed by atoms with Crippen molar-refractivity contribution >= 4 is 39.1 Å². The molecule has 2 aromatic heterocycles. The lowest BCUT2D eigenvalue weighted by atomic mass is 10.2. The maximum Gasteiger partial charge on any atom is 0.328 e. The van der Waals surface area contributed by atoms with E-state index in [1.54, 1.807) is 11.1 Å². The molecule has 0 radical (unpaired) electrons. The van der Waals surface area contributed by atoms with E-state index in [2.05, 4.69) is 15.3 Å². The predicted molar refractivity (Wildman–Crippen MR) is 141 cm³/mol. The first kappa shape index (κ1) is 22.6. The van der Waals surface area contributed by atoms with Gasteiger partial charge in [-0.05, 0) is 48.9 Å². The van der Waals surface area contributed by atoms with E-state index in [9.17, 15) is 4.79 Å². The third kappa shape index (κ3) is 5.65.